The van der Waals surface area contributed by atoms with Gasteiger partial charge in [0.2, 0.25) is 16.8 Å². The maximum absolute atomic E-state index is 13.5. The summed E-state index contributed by atoms with van der Waals surface area (Å²) in [4.78, 5) is 13.6. The van der Waals surface area contributed by atoms with Crippen LogP contribution in [-0.4, -0.2) is 38.7 Å². The van der Waals surface area contributed by atoms with Gasteiger partial charge < -0.3 is 14.6 Å². The molecule has 1 saturated carbocycles. The molecule has 0 aromatic heterocycles. The Kier molecular flexibility index (Phi) is 7.31. The van der Waals surface area contributed by atoms with Gasteiger partial charge in [-0.15, -0.1) is 0 Å². The maximum Gasteiger partial charge on any atom is 0.240 e. The first-order valence-electron chi connectivity index (χ1n) is 13.0. The number of sulfonamides is 1. The fourth-order valence-electron chi connectivity index (χ4n) is 5.13. The summed E-state index contributed by atoms with van der Waals surface area (Å²) in [6.07, 6.45) is 3.29. The van der Waals surface area contributed by atoms with Crippen molar-refractivity contribution >= 4 is 15.8 Å². The van der Waals surface area contributed by atoms with Crippen LogP contribution in [0.2, 0.25) is 0 Å². The number of nitrogens with one attached hydrogen (secondary N) is 1. The summed E-state index contributed by atoms with van der Waals surface area (Å²) in [6, 6.07) is 18.0. The van der Waals surface area contributed by atoms with Crippen molar-refractivity contribution in [2.45, 2.75) is 62.3 Å². The van der Waals surface area contributed by atoms with E-state index < -0.39 is 21.5 Å². The van der Waals surface area contributed by atoms with E-state index in [1.165, 1.54) is 0 Å². The Morgan fingerprint density at radius 3 is 2.45 bits per heavy atom. The third-order valence-electron chi connectivity index (χ3n) is 7.53. The molecule has 3 aromatic carbocycles. The highest BCUT2D eigenvalue weighted by Gasteiger charge is 2.50. The van der Waals surface area contributed by atoms with E-state index in [9.17, 15) is 18.3 Å². The van der Waals surface area contributed by atoms with Gasteiger partial charge in [-0.2, -0.15) is 0 Å². The summed E-state index contributed by atoms with van der Waals surface area (Å²) in [5, 5.41) is 9.47. The monoisotopic (exact) mass is 535 g/mol. The van der Waals surface area contributed by atoms with Gasteiger partial charge >= 0.3 is 0 Å². The molecule has 0 spiro atoms. The lowest BCUT2D eigenvalue weighted by Gasteiger charge is -2.17. The minimum atomic E-state index is -3.74. The van der Waals surface area contributed by atoms with Crippen molar-refractivity contribution in [3.8, 4) is 22.6 Å². The van der Waals surface area contributed by atoms with Gasteiger partial charge in [-0.3, -0.25) is 4.79 Å². The van der Waals surface area contributed by atoms with Crippen LogP contribution in [0.15, 0.2) is 65.6 Å². The average Bonchev–Trinajstić information content (AvgIpc) is 3.60. The number of Topliss-reactive ketones (excluding diaryl/α,β-unsaturated/α-hetero) is 1. The Balaban J connectivity index is 1.33. The van der Waals surface area contributed by atoms with Gasteiger partial charge in [0.05, 0.1) is 16.9 Å². The predicted molar refractivity (Wildman–Crippen MR) is 145 cm³/mol. The molecule has 2 aliphatic rings. The highest BCUT2D eigenvalue weighted by Crippen LogP contribution is 2.51. The van der Waals surface area contributed by atoms with Crippen molar-refractivity contribution in [1.82, 2.24) is 4.72 Å². The second-order valence-electron chi connectivity index (χ2n) is 10.2. The number of aryl methyl sites for hydroxylation is 1. The molecule has 1 fully saturated rings. The lowest BCUT2D eigenvalue weighted by molar-refractivity contribution is -0.120. The van der Waals surface area contributed by atoms with Crippen molar-refractivity contribution in [1.29, 1.82) is 0 Å². The zero-order valence-electron chi connectivity index (χ0n) is 21.7. The highest BCUT2D eigenvalue weighted by atomic mass is 32.2. The SMILES string of the molecule is CCC[C@@H](CO)NS(=O)(=O)c1ccc(-c2cc(CC(=O)C3(c4ccc5c(c4)OCO5)CC3)ccc2C)cc1. The Morgan fingerprint density at radius 2 is 1.76 bits per heavy atom. The lowest BCUT2D eigenvalue weighted by Crippen LogP contribution is -2.37. The van der Waals surface area contributed by atoms with Crippen LogP contribution in [-0.2, 0) is 26.7 Å². The van der Waals surface area contributed by atoms with Gasteiger partial charge in [-0.1, -0.05) is 49.7 Å². The van der Waals surface area contributed by atoms with E-state index in [2.05, 4.69) is 4.72 Å². The number of fused-ring (bicyclic) bond motifs is 1. The molecule has 1 heterocycles. The molecule has 200 valence electrons. The van der Waals surface area contributed by atoms with Crippen LogP contribution >= 0.6 is 0 Å². The number of carbonyl (C=O) groups is 1. The van der Waals surface area contributed by atoms with E-state index in [-0.39, 0.29) is 24.1 Å². The summed E-state index contributed by atoms with van der Waals surface area (Å²) in [7, 11) is -3.74. The number of aliphatic hydroxyl groups excluding tert-OH is 1. The number of carbonyl (C=O) groups excluding carboxylic acids is 1. The van der Waals surface area contributed by atoms with Gasteiger partial charge in [0, 0.05) is 12.5 Å². The number of hydrogen-bond acceptors (Lipinski definition) is 6. The van der Waals surface area contributed by atoms with Crippen LogP contribution in [0, 0.1) is 6.92 Å². The molecule has 7 nitrogen and oxygen atoms in total. The van der Waals surface area contributed by atoms with Crippen molar-refractivity contribution in [3.05, 3.63) is 77.4 Å². The van der Waals surface area contributed by atoms with Crippen molar-refractivity contribution in [3.63, 3.8) is 0 Å². The average molecular weight is 536 g/mol. The first kappa shape index (κ1) is 26.4. The number of ether oxygens (including phenoxy) is 2. The van der Waals surface area contributed by atoms with E-state index in [0.29, 0.717) is 24.3 Å². The van der Waals surface area contributed by atoms with Crippen molar-refractivity contribution < 1.29 is 27.8 Å². The standard InChI is InChI=1S/C30H33NO6S/c1-3-4-24(18-32)31-38(34,35)25-10-7-22(8-11-25)26-15-21(6-5-20(26)2)16-29(33)30(13-14-30)23-9-12-27-28(17-23)37-19-36-27/h5-12,15,17,24,31-32H,3-4,13-14,16,18-19H2,1-2H3/t24-/m0/s1. The minimum absolute atomic E-state index is 0.152. The Labute approximate surface area is 223 Å². The fourth-order valence-corrected chi connectivity index (χ4v) is 6.39. The van der Waals surface area contributed by atoms with E-state index >= 15 is 0 Å². The van der Waals surface area contributed by atoms with Gasteiger partial charge in [0.1, 0.15) is 5.78 Å². The van der Waals surface area contributed by atoms with Crippen molar-refractivity contribution in [2.75, 3.05) is 13.4 Å². The second kappa shape index (κ2) is 10.5. The van der Waals surface area contributed by atoms with Gasteiger partial charge in [-0.05, 0) is 78.3 Å². The largest absolute Gasteiger partial charge is 0.454 e. The molecule has 8 heteroatoms. The maximum atomic E-state index is 13.5. The zero-order valence-corrected chi connectivity index (χ0v) is 22.5. The molecule has 1 aliphatic heterocycles. The minimum Gasteiger partial charge on any atom is -0.454 e. The first-order chi connectivity index (χ1) is 18.3. The summed E-state index contributed by atoms with van der Waals surface area (Å²) in [5.74, 6) is 1.59. The summed E-state index contributed by atoms with van der Waals surface area (Å²) in [5.41, 5.74) is 4.30. The van der Waals surface area contributed by atoms with Crippen LogP contribution in [0.25, 0.3) is 11.1 Å². The molecule has 1 atom stereocenters. The normalized spacial score (nSPS) is 16.3. The van der Waals surface area contributed by atoms with E-state index in [0.717, 1.165) is 47.1 Å². The second-order valence-corrected chi connectivity index (χ2v) is 11.9. The Morgan fingerprint density at radius 1 is 1.03 bits per heavy atom. The predicted octanol–water partition coefficient (Wildman–Crippen LogP) is 4.67. The molecular weight excluding hydrogens is 502 g/mol. The highest BCUT2D eigenvalue weighted by molar-refractivity contribution is 7.89. The van der Waals surface area contributed by atoms with Crippen LogP contribution in [0.4, 0.5) is 0 Å². The summed E-state index contributed by atoms with van der Waals surface area (Å²) >= 11 is 0. The molecule has 0 bridgehead atoms. The van der Waals surface area contributed by atoms with Gasteiger partial charge in [0.15, 0.2) is 11.5 Å². The molecule has 0 saturated heterocycles. The van der Waals surface area contributed by atoms with Crippen LogP contribution in [0.5, 0.6) is 11.5 Å². The molecule has 2 N–H and O–H groups in total. The van der Waals surface area contributed by atoms with Crippen LogP contribution < -0.4 is 14.2 Å². The summed E-state index contributed by atoms with van der Waals surface area (Å²) < 4.78 is 39.1. The topological polar surface area (TPSA) is 102 Å². The zero-order chi connectivity index (χ0) is 26.9. The Bertz CT molecular complexity index is 1440. The lowest BCUT2D eigenvalue weighted by atomic mass is 9.87. The first-order valence-corrected chi connectivity index (χ1v) is 14.5. The van der Waals surface area contributed by atoms with Crippen LogP contribution in [0.1, 0.15) is 49.3 Å². The van der Waals surface area contributed by atoms with Crippen LogP contribution in [0.3, 0.4) is 0 Å². The summed E-state index contributed by atoms with van der Waals surface area (Å²) in [6.45, 7) is 3.90. The number of benzene rings is 3. The third-order valence-corrected chi connectivity index (χ3v) is 9.07. The van der Waals surface area contributed by atoms with Gasteiger partial charge in [-0.25, -0.2) is 13.1 Å². The number of rotatable bonds is 11. The Hall–Kier alpha value is -3.20. The van der Waals surface area contributed by atoms with Crippen molar-refractivity contribution in [2.24, 2.45) is 0 Å². The third kappa shape index (κ3) is 5.21. The smallest absolute Gasteiger partial charge is 0.240 e. The molecular formula is C30H33NO6S. The number of hydrogen-bond donors (Lipinski definition) is 2. The number of aliphatic hydroxyl groups is 1. The molecule has 5 rings (SSSR count). The van der Waals surface area contributed by atoms with Gasteiger partial charge in [0.25, 0.3) is 0 Å². The molecule has 3 aromatic rings. The molecule has 0 unspecified atom stereocenters. The molecule has 38 heavy (non-hydrogen) atoms. The molecule has 1 aliphatic carbocycles. The number of ketones is 1. The van der Waals surface area contributed by atoms with E-state index in [1.54, 1.807) is 24.3 Å². The van der Waals surface area contributed by atoms with E-state index in [4.69, 9.17) is 9.47 Å². The quantitative estimate of drug-likeness (QED) is 0.370. The molecule has 0 radical (unpaired) electrons. The molecule has 0 amide bonds. The van der Waals surface area contributed by atoms with E-state index in [1.807, 2.05) is 50.2 Å². The fraction of sp³-hybridized carbons (Fsp3) is 0.367.